The van der Waals surface area contributed by atoms with Crippen molar-refractivity contribution in [2.45, 2.75) is 26.4 Å². The average Bonchev–Trinajstić information content (AvgIpc) is 2.97. The lowest BCUT2D eigenvalue weighted by Crippen LogP contribution is -2.26. The molecule has 1 unspecified atom stereocenters. The molecule has 2 aromatic heterocycles. The molecule has 0 aliphatic rings. The van der Waals surface area contributed by atoms with Crippen LogP contribution in [0.2, 0.25) is 0 Å². The quantitative estimate of drug-likeness (QED) is 0.760. The zero-order valence-electron chi connectivity index (χ0n) is 14.5. The highest BCUT2D eigenvalue weighted by atomic mass is 32.1. The maximum atomic E-state index is 14.4. The van der Waals surface area contributed by atoms with Crippen LogP contribution < -0.4 is 10.9 Å². The zero-order chi connectivity index (χ0) is 19.0. The van der Waals surface area contributed by atoms with Crippen LogP contribution in [0.3, 0.4) is 0 Å². The number of halogens is 2. The second-order valence-electron chi connectivity index (χ2n) is 5.90. The number of carbonyl (C=O) groups is 1. The number of carbonyl (C=O) groups excluding carboxylic acids is 1. The van der Waals surface area contributed by atoms with E-state index in [0.29, 0.717) is 15.5 Å². The molecule has 136 valence electrons. The number of thiazole rings is 1. The molecule has 0 bridgehead atoms. The van der Waals surface area contributed by atoms with Gasteiger partial charge < -0.3 is 5.32 Å². The normalized spacial score (nSPS) is 12.3. The minimum Gasteiger partial charge on any atom is -0.354 e. The van der Waals surface area contributed by atoms with Crippen LogP contribution in [0, 0.1) is 12.7 Å². The number of benzene rings is 1. The molecule has 1 atom stereocenters. The lowest BCUT2D eigenvalue weighted by molar-refractivity contribution is 0.0956. The molecule has 0 fully saturated rings. The molecule has 8 heteroatoms. The Morgan fingerprint density at radius 3 is 2.81 bits per heavy atom. The minimum absolute atomic E-state index is 0.0268. The summed E-state index contributed by atoms with van der Waals surface area (Å²) in [4.78, 5) is 30.1. The predicted molar refractivity (Wildman–Crippen MR) is 96.2 cm³/mol. The fraction of sp³-hybridized carbons (Fsp3) is 0.278. The molecule has 0 aliphatic carbocycles. The van der Waals surface area contributed by atoms with Crippen molar-refractivity contribution in [2.24, 2.45) is 0 Å². The molecule has 1 amide bonds. The molecule has 1 aromatic carbocycles. The van der Waals surface area contributed by atoms with Gasteiger partial charge in [0.25, 0.3) is 11.5 Å². The molecule has 0 radical (unpaired) electrons. The van der Waals surface area contributed by atoms with Crippen LogP contribution in [0.5, 0.6) is 0 Å². The van der Waals surface area contributed by atoms with E-state index < -0.39 is 24.0 Å². The van der Waals surface area contributed by atoms with Crippen LogP contribution in [0.15, 0.2) is 29.1 Å². The highest BCUT2D eigenvalue weighted by Gasteiger charge is 2.22. The van der Waals surface area contributed by atoms with Crippen LogP contribution in [-0.2, 0) is 6.67 Å². The molecular formula is C18H17F2N3O2S. The summed E-state index contributed by atoms with van der Waals surface area (Å²) in [6.45, 7) is 2.54. The maximum Gasteiger partial charge on any atom is 0.269 e. The minimum atomic E-state index is -0.902. The van der Waals surface area contributed by atoms with E-state index in [1.807, 2.05) is 0 Å². The summed E-state index contributed by atoms with van der Waals surface area (Å²) < 4.78 is 28.6. The Morgan fingerprint density at radius 1 is 1.42 bits per heavy atom. The molecule has 1 N–H and O–H groups in total. The first-order valence-corrected chi connectivity index (χ1v) is 8.79. The number of nitrogens with one attached hydrogen (secondary N) is 1. The van der Waals surface area contributed by atoms with E-state index in [1.54, 1.807) is 26.0 Å². The second kappa shape index (κ2) is 6.95. The van der Waals surface area contributed by atoms with Gasteiger partial charge in [0.15, 0.2) is 4.96 Å². The number of aromatic nitrogens is 2. The molecule has 0 aliphatic heterocycles. The number of hydrogen-bond donors (Lipinski definition) is 1. The average molecular weight is 377 g/mol. The molecular weight excluding hydrogens is 360 g/mol. The van der Waals surface area contributed by atoms with E-state index in [9.17, 15) is 18.4 Å². The maximum absolute atomic E-state index is 14.4. The number of aryl methyl sites for hydroxylation is 1. The molecule has 2 heterocycles. The third kappa shape index (κ3) is 2.90. The summed E-state index contributed by atoms with van der Waals surface area (Å²) in [5, 5.41) is 2.51. The van der Waals surface area contributed by atoms with Gasteiger partial charge in [-0.3, -0.25) is 9.59 Å². The zero-order valence-corrected chi connectivity index (χ0v) is 15.3. The number of rotatable bonds is 4. The van der Waals surface area contributed by atoms with E-state index >= 15 is 0 Å². The van der Waals surface area contributed by atoms with E-state index in [2.05, 4.69) is 10.3 Å². The Bertz CT molecular complexity index is 1060. The van der Waals surface area contributed by atoms with Gasteiger partial charge in [0, 0.05) is 29.5 Å². The Balaban J connectivity index is 2.16. The molecule has 3 rings (SSSR count). The first-order valence-electron chi connectivity index (χ1n) is 7.97. The number of fused-ring (bicyclic) bond motifs is 1. The largest absolute Gasteiger partial charge is 0.354 e. The molecule has 5 nitrogen and oxygen atoms in total. The van der Waals surface area contributed by atoms with E-state index in [-0.39, 0.29) is 22.7 Å². The van der Waals surface area contributed by atoms with Crippen molar-refractivity contribution in [3.8, 4) is 0 Å². The summed E-state index contributed by atoms with van der Waals surface area (Å²) in [5.74, 6) is -1.54. The Kier molecular flexibility index (Phi) is 4.86. The fourth-order valence-electron chi connectivity index (χ4n) is 2.89. The lowest BCUT2D eigenvalue weighted by Gasteiger charge is -2.14. The molecule has 0 saturated heterocycles. The van der Waals surface area contributed by atoms with Gasteiger partial charge in [-0.25, -0.2) is 18.2 Å². The van der Waals surface area contributed by atoms with Gasteiger partial charge in [-0.15, -0.1) is 11.3 Å². The van der Waals surface area contributed by atoms with Crippen molar-refractivity contribution < 1.29 is 13.6 Å². The highest BCUT2D eigenvalue weighted by Crippen LogP contribution is 2.28. The molecule has 0 saturated carbocycles. The third-order valence-corrected chi connectivity index (χ3v) is 5.27. The fourth-order valence-corrected chi connectivity index (χ4v) is 3.87. The smallest absolute Gasteiger partial charge is 0.269 e. The Morgan fingerprint density at radius 2 is 2.15 bits per heavy atom. The van der Waals surface area contributed by atoms with Gasteiger partial charge in [0.1, 0.15) is 18.2 Å². The first kappa shape index (κ1) is 18.2. The predicted octanol–water partition coefficient (Wildman–Crippen LogP) is 3.18. The van der Waals surface area contributed by atoms with Crippen LogP contribution in [0.4, 0.5) is 8.78 Å². The molecule has 3 aromatic rings. The monoisotopic (exact) mass is 377 g/mol. The second-order valence-corrected chi connectivity index (χ2v) is 7.08. The number of amides is 1. The summed E-state index contributed by atoms with van der Waals surface area (Å²) in [6, 6.07) is 5.81. The van der Waals surface area contributed by atoms with E-state index in [0.717, 1.165) is 0 Å². The van der Waals surface area contributed by atoms with Crippen molar-refractivity contribution in [1.29, 1.82) is 0 Å². The topological polar surface area (TPSA) is 63.5 Å². The van der Waals surface area contributed by atoms with Gasteiger partial charge in [0.2, 0.25) is 0 Å². The van der Waals surface area contributed by atoms with Gasteiger partial charge >= 0.3 is 0 Å². The van der Waals surface area contributed by atoms with Gasteiger partial charge in [0.05, 0.1) is 5.69 Å². The van der Waals surface area contributed by atoms with Crippen LogP contribution in [0.1, 0.15) is 45.0 Å². The number of alkyl halides is 1. The van der Waals surface area contributed by atoms with Gasteiger partial charge in [-0.05, 0) is 12.5 Å². The van der Waals surface area contributed by atoms with E-state index in [4.69, 9.17) is 0 Å². The summed E-state index contributed by atoms with van der Waals surface area (Å²) in [5.41, 5.74) is 0.448. The van der Waals surface area contributed by atoms with Crippen LogP contribution in [0.25, 0.3) is 4.96 Å². The standard InChI is InChI=1S/C18H17F2N3O2S/c1-9(12-6-4-5-11(8-19)15(12)20)13-7-14(24)23-16(17(25)21-3)10(2)26-18(23)22-13/h4-7,9H,8H2,1-3H3,(H,21,25). The summed E-state index contributed by atoms with van der Waals surface area (Å²) in [6.07, 6.45) is 0. The lowest BCUT2D eigenvalue weighted by atomic mass is 9.95. The van der Waals surface area contributed by atoms with Crippen molar-refractivity contribution in [1.82, 2.24) is 14.7 Å². The Hall–Kier alpha value is -2.61. The SMILES string of the molecule is CNC(=O)c1c(C)sc2nc(C(C)c3cccc(CF)c3F)cc(=O)n12. The van der Waals surface area contributed by atoms with Gasteiger partial charge in [-0.2, -0.15) is 0 Å². The van der Waals surface area contributed by atoms with Crippen LogP contribution in [-0.4, -0.2) is 22.3 Å². The molecule has 0 spiro atoms. The summed E-state index contributed by atoms with van der Waals surface area (Å²) >= 11 is 1.21. The number of hydrogen-bond acceptors (Lipinski definition) is 4. The Labute approximate surface area is 152 Å². The van der Waals surface area contributed by atoms with E-state index in [1.165, 1.54) is 34.9 Å². The molecule has 26 heavy (non-hydrogen) atoms. The first-order chi connectivity index (χ1) is 12.4. The summed E-state index contributed by atoms with van der Waals surface area (Å²) in [7, 11) is 1.49. The van der Waals surface area contributed by atoms with Crippen molar-refractivity contribution in [3.05, 3.63) is 67.8 Å². The van der Waals surface area contributed by atoms with Crippen LogP contribution >= 0.6 is 11.3 Å². The number of nitrogens with zero attached hydrogens (tertiary/aromatic N) is 2. The van der Waals surface area contributed by atoms with Crippen molar-refractivity contribution in [3.63, 3.8) is 0 Å². The third-order valence-electron chi connectivity index (χ3n) is 4.31. The highest BCUT2D eigenvalue weighted by molar-refractivity contribution is 7.17. The van der Waals surface area contributed by atoms with Gasteiger partial charge in [-0.1, -0.05) is 25.1 Å². The van der Waals surface area contributed by atoms with Crippen molar-refractivity contribution in [2.75, 3.05) is 7.05 Å². The van der Waals surface area contributed by atoms with Crippen molar-refractivity contribution >= 4 is 22.2 Å².